The highest BCUT2D eigenvalue weighted by atomic mass is 16.5. The first kappa shape index (κ1) is 12.9. The van der Waals surface area contributed by atoms with E-state index in [0.717, 1.165) is 29.6 Å². The van der Waals surface area contributed by atoms with Crippen molar-refractivity contribution in [3.63, 3.8) is 0 Å². The van der Waals surface area contributed by atoms with Crippen molar-refractivity contribution in [1.29, 1.82) is 0 Å². The maximum atomic E-state index is 9.07. The third-order valence-electron chi connectivity index (χ3n) is 3.61. The summed E-state index contributed by atoms with van der Waals surface area (Å²) in [5.74, 6) is 0. The van der Waals surface area contributed by atoms with Crippen LogP contribution in [0.3, 0.4) is 0 Å². The molecule has 0 unspecified atom stereocenters. The lowest BCUT2D eigenvalue weighted by Gasteiger charge is -2.29. The molecule has 20 heavy (non-hydrogen) atoms. The van der Waals surface area contributed by atoms with Crippen molar-refractivity contribution < 1.29 is 9.84 Å². The van der Waals surface area contributed by atoms with E-state index >= 15 is 0 Å². The molecule has 0 aliphatic carbocycles. The largest absolute Gasteiger partial charge is 0.394 e. The van der Waals surface area contributed by atoms with Crippen molar-refractivity contribution in [3.05, 3.63) is 29.9 Å². The van der Waals surface area contributed by atoms with Gasteiger partial charge >= 0.3 is 0 Å². The lowest BCUT2D eigenvalue weighted by atomic mass is 10.0. The molecule has 6 heteroatoms. The molecule has 2 atom stereocenters. The topological polar surface area (TPSA) is 74.5 Å². The standard InChI is InChI=1S/C14H16N4O2/c1-15-12-6-17-14-11(4-5-16-14)13(12)18-9-2-3-10(7-19)20-8-9/h4-6,9-10,19H,2-3,7-8H2,(H2,16,17,18)/t9-,10+/m1/s1. The van der Waals surface area contributed by atoms with E-state index in [1.54, 1.807) is 6.20 Å². The van der Waals surface area contributed by atoms with Crippen molar-refractivity contribution in [3.8, 4) is 0 Å². The van der Waals surface area contributed by atoms with Gasteiger partial charge in [0, 0.05) is 23.8 Å². The zero-order valence-electron chi connectivity index (χ0n) is 11.0. The second-order valence-electron chi connectivity index (χ2n) is 4.93. The molecule has 1 fully saturated rings. The Morgan fingerprint density at radius 1 is 1.55 bits per heavy atom. The molecule has 104 valence electrons. The van der Waals surface area contributed by atoms with Crippen LogP contribution in [0.1, 0.15) is 12.8 Å². The van der Waals surface area contributed by atoms with Crippen molar-refractivity contribution >= 4 is 22.4 Å². The third-order valence-corrected chi connectivity index (χ3v) is 3.61. The summed E-state index contributed by atoms with van der Waals surface area (Å²) in [7, 11) is 0. The molecule has 2 aromatic heterocycles. The monoisotopic (exact) mass is 272 g/mol. The molecule has 3 N–H and O–H groups in total. The van der Waals surface area contributed by atoms with Gasteiger partial charge in [-0.05, 0) is 18.9 Å². The summed E-state index contributed by atoms with van der Waals surface area (Å²) in [6.45, 7) is 7.87. The van der Waals surface area contributed by atoms with Crippen LogP contribution in [0.4, 0.5) is 11.4 Å². The molecule has 0 bridgehead atoms. The molecule has 6 nitrogen and oxygen atoms in total. The van der Waals surface area contributed by atoms with Crippen molar-refractivity contribution in [2.24, 2.45) is 0 Å². The molecule has 1 aliphatic rings. The van der Waals surface area contributed by atoms with Crippen LogP contribution in [0.5, 0.6) is 0 Å². The summed E-state index contributed by atoms with van der Waals surface area (Å²) in [5, 5.41) is 13.4. The minimum Gasteiger partial charge on any atom is -0.394 e. The minimum atomic E-state index is -0.0573. The Morgan fingerprint density at radius 3 is 3.15 bits per heavy atom. The Morgan fingerprint density at radius 2 is 2.45 bits per heavy atom. The Hall–Kier alpha value is -2.10. The second-order valence-corrected chi connectivity index (χ2v) is 4.93. The van der Waals surface area contributed by atoms with Gasteiger partial charge in [0.2, 0.25) is 5.69 Å². The molecule has 0 amide bonds. The molecule has 3 rings (SSSR count). The van der Waals surface area contributed by atoms with E-state index in [2.05, 4.69) is 20.1 Å². The normalized spacial score (nSPS) is 22.6. The molecule has 0 spiro atoms. The fourth-order valence-electron chi connectivity index (χ4n) is 2.50. The van der Waals surface area contributed by atoms with Gasteiger partial charge in [0.25, 0.3) is 0 Å². The van der Waals surface area contributed by atoms with Gasteiger partial charge < -0.3 is 20.1 Å². The van der Waals surface area contributed by atoms with Gasteiger partial charge in [0.15, 0.2) is 0 Å². The summed E-state index contributed by atoms with van der Waals surface area (Å²) in [6, 6.07) is 2.07. The van der Waals surface area contributed by atoms with E-state index in [1.807, 2.05) is 12.3 Å². The van der Waals surface area contributed by atoms with Crippen LogP contribution in [-0.4, -0.2) is 40.4 Å². The number of H-pyrrole nitrogens is 1. The zero-order valence-corrected chi connectivity index (χ0v) is 11.0. The molecule has 0 aromatic carbocycles. The van der Waals surface area contributed by atoms with Crippen molar-refractivity contribution in [2.75, 3.05) is 18.5 Å². The van der Waals surface area contributed by atoms with Gasteiger partial charge in [-0.1, -0.05) is 0 Å². The van der Waals surface area contributed by atoms with Gasteiger partial charge in [-0.25, -0.2) is 4.85 Å². The maximum Gasteiger partial charge on any atom is 0.228 e. The Bertz CT molecular complexity index is 638. The van der Waals surface area contributed by atoms with Gasteiger partial charge in [-0.15, -0.1) is 0 Å². The highest BCUT2D eigenvalue weighted by molar-refractivity contribution is 5.96. The highest BCUT2D eigenvalue weighted by Gasteiger charge is 2.22. The van der Waals surface area contributed by atoms with Gasteiger partial charge in [0.1, 0.15) is 5.65 Å². The van der Waals surface area contributed by atoms with E-state index < -0.39 is 0 Å². The SMILES string of the molecule is [C-]#[N+]c1cnc2[nH]ccc2c1N[C@@H]1CC[C@@H](CO)OC1. The van der Waals surface area contributed by atoms with Crippen LogP contribution in [0.15, 0.2) is 18.5 Å². The number of fused-ring (bicyclic) bond motifs is 1. The number of rotatable bonds is 3. The van der Waals surface area contributed by atoms with Crippen LogP contribution in [0.25, 0.3) is 15.9 Å². The van der Waals surface area contributed by atoms with Crippen molar-refractivity contribution in [2.45, 2.75) is 25.0 Å². The summed E-state index contributed by atoms with van der Waals surface area (Å²) >= 11 is 0. The van der Waals surface area contributed by atoms with Gasteiger partial charge in [0.05, 0.1) is 31.6 Å². The predicted octanol–water partition coefficient (Wildman–Crippen LogP) is 2.07. The van der Waals surface area contributed by atoms with E-state index in [0.29, 0.717) is 12.3 Å². The Labute approximate surface area is 116 Å². The van der Waals surface area contributed by atoms with Crippen LogP contribution in [0.2, 0.25) is 0 Å². The number of aliphatic hydroxyl groups excluding tert-OH is 1. The number of hydrogen-bond acceptors (Lipinski definition) is 4. The van der Waals surface area contributed by atoms with E-state index in [9.17, 15) is 0 Å². The number of ether oxygens (including phenoxy) is 1. The number of anilines is 1. The fourth-order valence-corrected chi connectivity index (χ4v) is 2.50. The zero-order chi connectivity index (χ0) is 13.9. The molecule has 3 heterocycles. The number of hydrogen-bond donors (Lipinski definition) is 3. The van der Waals surface area contributed by atoms with Crippen LogP contribution >= 0.6 is 0 Å². The molecular formula is C14H16N4O2. The highest BCUT2D eigenvalue weighted by Crippen LogP contribution is 2.33. The molecule has 0 saturated carbocycles. The number of aromatic nitrogens is 2. The first-order valence-corrected chi connectivity index (χ1v) is 6.64. The first-order chi connectivity index (χ1) is 9.81. The van der Waals surface area contributed by atoms with E-state index in [1.165, 1.54) is 0 Å². The lowest BCUT2D eigenvalue weighted by molar-refractivity contribution is -0.0223. The Kier molecular flexibility index (Phi) is 3.54. The third kappa shape index (κ3) is 2.33. The van der Waals surface area contributed by atoms with Crippen molar-refractivity contribution in [1.82, 2.24) is 9.97 Å². The predicted molar refractivity (Wildman–Crippen MR) is 75.8 cm³/mol. The molecule has 1 aliphatic heterocycles. The number of nitrogens with zero attached hydrogens (tertiary/aromatic N) is 2. The van der Waals surface area contributed by atoms with E-state index in [-0.39, 0.29) is 18.8 Å². The van der Waals surface area contributed by atoms with E-state index in [4.69, 9.17) is 16.4 Å². The molecule has 1 saturated heterocycles. The van der Waals surface area contributed by atoms with Gasteiger partial charge in [-0.3, -0.25) is 4.98 Å². The number of pyridine rings is 1. The number of aromatic amines is 1. The number of aliphatic hydroxyl groups is 1. The Balaban J connectivity index is 1.83. The summed E-state index contributed by atoms with van der Waals surface area (Å²) in [6.07, 6.45) is 5.07. The number of nitrogens with one attached hydrogen (secondary N) is 2. The molecular weight excluding hydrogens is 256 g/mol. The van der Waals surface area contributed by atoms with Gasteiger partial charge in [-0.2, -0.15) is 0 Å². The summed E-state index contributed by atoms with van der Waals surface area (Å²) in [4.78, 5) is 10.8. The van der Waals surface area contributed by atoms with Crippen LogP contribution < -0.4 is 5.32 Å². The van der Waals surface area contributed by atoms with Crippen LogP contribution in [-0.2, 0) is 4.74 Å². The first-order valence-electron chi connectivity index (χ1n) is 6.64. The van der Waals surface area contributed by atoms with Crippen LogP contribution in [0, 0.1) is 6.57 Å². The quantitative estimate of drug-likeness (QED) is 0.748. The minimum absolute atomic E-state index is 0.0573. The lowest BCUT2D eigenvalue weighted by Crippen LogP contribution is -2.36. The average molecular weight is 272 g/mol. The molecule has 0 radical (unpaired) electrons. The smallest absolute Gasteiger partial charge is 0.228 e. The summed E-state index contributed by atoms with van der Waals surface area (Å²) < 4.78 is 5.57. The maximum absolute atomic E-state index is 9.07. The average Bonchev–Trinajstić information content (AvgIpc) is 2.97. The second kappa shape index (κ2) is 5.49. The fraction of sp³-hybridized carbons (Fsp3) is 0.429. The molecule has 2 aromatic rings. The summed E-state index contributed by atoms with van der Waals surface area (Å²) in [5.41, 5.74) is 2.09.